The lowest BCUT2D eigenvalue weighted by atomic mass is 10.2. The Balaban J connectivity index is 0.00000361. The van der Waals surface area contributed by atoms with Gasteiger partial charge in [0.1, 0.15) is 6.54 Å². The molecule has 1 unspecified atom stereocenters. The van der Waals surface area contributed by atoms with Crippen molar-refractivity contribution >= 4 is 30.1 Å². The van der Waals surface area contributed by atoms with E-state index in [0.717, 1.165) is 0 Å². The lowest BCUT2D eigenvalue weighted by molar-refractivity contribution is -0.156. The van der Waals surface area contributed by atoms with Crippen molar-refractivity contribution in [3.05, 3.63) is 0 Å². The molecular formula is C12H23ClN4O3. The normalized spacial score (nSPS) is 16.8. The summed E-state index contributed by atoms with van der Waals surface area (Å²) in [7, 11) is 0. The zero-order valence-corrected chi connectivity index (χ0v) is 12.7. The van der Waals surface area contributed by atoms with Gasteiger partial charge in [-0.05, 0) is 20.3 Å². The van der Waals surface area contributed by atoms with Crippen molar-refractivity contribution in [3.8, 4) is 0 Å². The van der Waals surface area contributed by atoms with E-state index in [1.807, 2.05) is 13.8 Å². The van der Waals surface area contributed by atoms with Gasteiger partial charge in [0.2, 0.25) is 5.91 Å². The Hall–Kier alpha value is -1.34. The molecule has 1 aliphatic heterocycles. The van der Waals surface area contributed by atoms with E-state index < -0.39 is 11.8 Å². The summed E-state index contributed by atoms with van der Waals surface area (Å²) in [5, 5.41) is 2.68. The number of carbonyl (C=O) groups is 3. The van der Waals surface area contributed by atoms with E-state index in [-0.39, 0.29) is 30.9 Å². The van der Waals surface area contributed by atoms with Gasteiger partial charge in [-0.25, -0.2) is 0 Å². The Labute approximate surface area is 125 Å². The van der Waals surface area contributed by atoms with Gasteiger partial charge in [0.15, 0.2) is 0 Å². The largest absolute Gasteiger partial charge is 0.355 e. The number of rotatable bonds is 6. The molecule has 20 heavy (non-hydrogen) atoms. The van der Waals surface area contributed by atoms with Crippen LogP contribution in [-0.2, 0) is 14.4 Å². The molecule has 1 heterocycles. The van der Waals surface area contributed by atoms with Crippen molar-refractivity contribution in [1.29, 1.82) is 0 Å². The Kier molecular flexibility index (Phi) is 8.17. The first kappa shape index (κ1) is 18.7. The Bertz CT molecular complexity index is 363. The number of nitrogens with one attached hydrogen (secondary N) is 1. The summed E-state index contributed by atoms with van der Waals surface area (Å²) < 4.78 is 0. The number of carbonyl (C=O) groups excluding carboxylic acids is 3. The number of nitrogens with two attached hydrogens (primary N) is 1. The van der Waals surface area contributed by atoms with Crippen LogP contribution in [0.5, 0.6) is 0 Å². The lowest BCUT2D eigenvalue weighted by Gasteiger charge is -2.32. The highest BCUT2D eigenvalue weighted by atomic mass is 35.5. The minimum absolute atomic E-state index is 0. The molecule has 0 aliphatic carbocycles. The summed E-state index contributed by atoms with van der Waals surface area (Å²) in [5.41, 5.74) is 5.57. The predicted octanol–water partition coefficient (Wildman–Crippen LogP) is -1.05. The van der Waals surface area contributed by atoms with Crippen LogP contribution in [-0.4, -0.2) is 66.3 Å². The Morgan fingerprint density at radius 1 is 1.30 bits per heavy atom. The summed E-state index contributed by atoms with van der Waals surface area (Å²) in [6.45, 7) is 5.49. The molecule has 0 bridgehead atoms. The molecule has 1 atom stereocenters. The third kappa shape index (κ3) is 5.34. The number of amides is 3. The summed E-state index contributed by atoms with van der Waals surface area (Å²) in [6.07, 6.45) is 0.683. The molecule has 1 fully saturated rings. The van der Waals surface area contributed by atoms with Crippen molar-refractivity contribution in [2.75, 3.05) is 32.7 Å². The van der Waals surface area contributed by atoms with Crippen LogP contribution in [0.4, 0.5) is 0 Å². The van der Waals surface area contributed by atoms with Crippen molar-refractivity contribution in [2.24, 2.45) is 5.73 Å². The maximum atomic E-state index is 11.7. The highest BCUT2D eigenvalue weighted by Crippen LogP contribution is 2.04. The van der Waals surface area contributed by atoms with Crippen molar-refractivity contribution < 1.29 is 14.4 Å². The quantitative estimate of drug-likeness (QED) is 0.612. The lowest BCUT2D eigenvalue weighted by Crippen LogP contribution is -2.56. The molecule has 0 saturated carbocycles. The zero-order chi connectivity index (χ0) is 14.4. The first-order valence-electron chi connectivity index (χ1n) is 6.56. The van der Waals surface area contributed by atoms with E-state index in [4.69, 9.17) is 5.73 Å². The van der Waals surface area contributed by atoms with Crippen molar-refractivity contribution in [2.45, 2.75) is 26.3 Å². The van der Waals surface area contributed by atoms with Crippen LogP contribution >= 0.6 is 12.4 Å². The summed E-state index contributed by atoms with van der Waals surface area (Å²) in [6, 6.07) is 0.0246. The van der Waals surface area contributed by atoms with Gasteiger partial charge in [-0.2, -0.15) is 0 Å². The van der Waals surface area contributed by atoms with Gasteiger partial charge in [0.05, 0.1) is 0 Å². The third-order valence-electron chi connectivity index (χ3n) is 3.04. The van der Waals surface area contributed by atoms with E-state index in [2.05, 4.69) is 5.32 Å². The monoisotopic (exact) mass is 306 g/mol. The van der Waals surface area contributed by atoms with E-state index in [9.17, 15) is 14.4 Å². The van der Waals surface area contributed by atoms with E-state index in [0.29, 0.717) is 32.6 Å². The van der Waals surface area contributed by atoms with Gasteiger partial charge in [-0.3, -0.25) is 14.4 Å². The van der Waals surface area contributed by atoms with Crippen LogP contribution in [0.1, 0.15) is 20.3 Å². The Morgan fingerprint density at radius 2 is 1.85 bits per heavy atom. The third-order valence-corrected chi connectivity index (χ3v) is 3.04. The van der Waals surface area contributed by atoms with Crippen LogP contribution in [0.25, 0.3) is 0 Å². The van der Waals surface area contributed by atoms with Crippen molar-refractivity contribution in [1.82, 2.24) is 15.1 Å². The highest BCUT2D eigenvalue weighted by molar-refractivity contribution is 6.35. The fourth-order valence-corrected chi connectivity index (χ4v) is 1.84. The number of likely N-dealkylation sites (N-methyl/N-ethyl adjacent to an activating group) is 1. The molecular weight excluding hydrogens is 284 g/mol. The molecule has 3 N–H and O–H groups in total. The van der Waals surface area contributed by atoms with Crippen LogP contribution in [0.3, 0.4) is 0 Å². The average Bonchev–Trinajstić information content (AvgIpc) is 2.35. The molecule has 1 aliphatic rings. The minimum Gasteiger partial charge on any atom is -0.355 e. The number of hydrogen-bond donors (Lipinski definition) is 2. The minimum atomic E-state index is -0.601. The van der Waals surface area contributed by atoms with Crippen molar-refractivity contribution in [3.63, 3.8) is 0 Å². The summed E-state index contributed by atoms with van der Waals surface area (Å²) in [4.78, 5) is 37.8. The van der Waals surface area contributed by atoms with Crippen LogP contribution in [0.2, 0.25) is 0 Å². The molecule has 0 spiro atoms. The molecule has 0 radical (unpaired) electrons. The fourth-order valence-electron chi connectivity index (χ4n) is 1.84. The second-order valence-electron chi connectivity index (χ2n) is 4.73. The van der Waals surface area contributed by atoms with Crippen LogP contribution < -0.4 is 11.1 Å². The topological polar surface area (TPSA) is 95.7 Å². The zero-order valence-electron chi connectivity index (χ0n) is 11.9. The predicted molar refractivity (Wildman–Crippen MR) is 77.4 cm³/mol. The SMILES string of the molecule is CCN1CCN(CC(=O)NCCC(C)N)C(=O)C1=O.Cl. The van der Waals surface area contributed by atoms with Gasteiger partial charge >= 0.3 is 11.8 Å². The molecule has 0 aromatic carbocycles. The molecule has 116 valence electrons. The maximum Gasteiger partial charge on any atom is 0.312 e. The van der Waals surface area contributed by atoms with Gasteiger partial charge < -0.3 is 20.9 Å². The smallest absolute Gasteiger partial charge is 0.312 e. The molecule has 3 amide bonds. The number of halogens is 1. The highest BCUT2D eigenvalue weighted by Gasteiger charge is 2.32. The van der Waals surface area contributed by atoms with Crippen LogP contribution in [0.15, 0.2) is 0 Å². The Morgan fingerprint density at radius 3 is 2.40 bits per heavy atom. The first-order valence-corrected chi connectivity index (χ1v) is 6.56. The molecule has 1 saturated heterocycles. The van der Waals surface area contributed by atoms with E-state index >= 15 is 0 Å². The fraction of sp³-hybridized carbons (Fsp3) is 0.750. The second kappa shape index (κ2) is 8.76. The van der Waals surface area contributed by atoms with Gasteiger partial charge in [-0.15, -0.1) is 12.4 Å². The van der Waals surface area contributed by atoms with Gasteiger partial charge in [0, 0.05) is 32.2 Å². The first-order chi connectivity index (χ1) is 8.95. The molecule has 0 aromatic heterocycles. The number of hydrogen-bond acceptors (Lipinski definition) is 4. The molecule has 0 aromatic rings. The number of nitrogens with zero attached hydrogens (tertiary/aromatic N) is 2. The average molecular weight is 307 g/mol. The maximum absolute atomic E-state index is 11.7. The second-order valence-corrected chi connectivity index (χ2v) is 4.73. The van der Waals surface area contributed by atoms with Crippen LogP contribution in [0, 0.1) is 0 Å². The molecule has 1 rings (SSSR count). The van der Waals surface area contributed by atoms with E-state index in [1.165, 1.54) is 9.80 Å². The van der Waals surface area contributed by atoms with E-state index in [1.54, 1.807) is 0 Å². The molecule has 7 nitrogen and oxygen atoms in total. The standard InChI is InChI=1S/C12H22N4O3.ClH/c1-3-15-6-7-16(12(19)11(15)18)8-10(17)14-5-4-9(2)13;/h9H,3-8,13H2,1-2H3,(H,14,17);1H. The van der Waals surface area contributed by atoms with Gasteiger partial charge in [-0.1, -0.05) is 0 Å². The number of piperazine rings is 1. The molecule has 8 heteroatoms. The summed E-state index contributed by atoms with van der Waals surface area (Å²) in [5.74, 6) is -1.39. The summed E-state index contributed by atoms with van der Waals surface area (Å²) >= 11 is 0. The van der Waals surface area contributed by atoms with Gasteiger partial charge in [0.25, 0.3) is 0 Å².